The van der Waals surface area contributed by atoms with Crippen molar-refractivity contribution in [3.63, 3.8) is 0 Å². The molecule has 6 heteroatoms. The first-order chi connectivity index (χ1) is 10.2. The zero-order chi connectivity index (χ0) is 15.5. The molecule has 21 heavy (non-hydrogen) atoms. The van der Waals surface area contributed by atoms with Crippen molar-refractivity contribution in [1.29, 1.82) is 0 Å². The lowest BCUT2D eigenvalue weighted by atomic mass is 10.1. The van der Waals surface area contributed by atoms with Crippen LogP contribution in [-0.2, 0) is 6.42 Å². The third kappa shape index (κ3) is 6.96. The van der Waals surface area contributed by atoms with Gasteiger partial charge in [0.05, 0.1) is 13.7 Å². The molecule has 118 valence electrons. The molecule has 0 unspecified atom stereocenters. The molecule has 0 aliphatic carbocycles. The number of nitrogens with zero attached hydrogens (tertiary/aromatic N) is 1. The lowest BCUT2D eigenvalue weighted by Crippen LogP contribution is -2.38. The summed E-state index contributed by atoms with van der Waals surface area (Å²) < 4.78 is 5.15. The highest BCUT2D eigenvalue weighted by atomic mass is 35.5. The number of benzene rings is 1. The molecule has 0 spiro atoms. The number of aliphatic imine (C=N–C) groups is 1. The van der Waals surface area contributed by atoms with Gasteiger partial charge in [-0.25, -0.2) is 0 Å². The molecule has 0 atom stereocenters. The second kappa shape index (κ2) is 10.6. The standard InChI is InChI=1S/C15H24ClN3OS/c1-4-17-15(19-9-10-21-3)18-8-7-12-5-6-13(20-2)11-14(12)16/h5-6,11H,4,7-10H2,1-3H3,(H2,17,18,19). The van der Waals surface area contributed by atoms with Gasteiger partial charge in [-0.1, -0.05) is 17.7 Å². The van der Waals surface area contributed by atoms with Crippen LogP contribution in [0.2, 0.25) is 5.02 Å². The van der Waals surface area contributed by atoms with E-state index in [2.05, 4.69) is 28.8 Å². The highest BCUT2D eigenvalue weighted by Gasteiger charge is 2.03. The van der Waals surface area contributed by atoms with Gasteiger partial charge >= 0.3 is 0 Å². The van der Waals surface area contributed by atoms with Gasteiger partial charge < -0.3 is 15.4 Å². The lowest BCUT2D eigenvalue weighted by Gasteiger charge is -2.12. The largest absolute Gasteiger partial charge is 0.497 e. The van der Waals surface area contributed by atoms with E-state index < -0.39 is 0 Å². The predicted octanol–water partition coefficient (Wildman–Crippen LogP) is 2.81. The van der Waals surface area contributed by atoms with Crippen molar-refractivity contribution in [2.24, 2.45) is 4.99 Å². The molecule has 0 aliphatic heterocycles. The summed E-state index contributed by atoms with van der Waals surface area (Å²) in [5.74, 6) is 2.67. The Labute approximate surface area is 136 Å². The first kappa shape index (κ1) is 18.0. The molecule has 0 radical (unpaired) electrons. The fourth-order valence-corrected chi connectivity index (χ4v) is 2.30. The number of halogens is 1. The molecule has 4 nitrogen and oxygen atoms in total. The molecule has 0 aliphatic rings. The third-order valence-electron chi connectivity index (χ3n) is 2.86. The number of thioether (sulfide) groups is 1. The summed E-state index contributed by atoms with van der Waals surface area (Å²) in [6, 6.07) is 5.77. The Morgan fingerprint density at radius 1 is 1.38 bits per heavy atom. The molecular weight excluding hydrogens is 306 g/mol. The molecule has 0 heterocycles. The van der Waals surface area contributed by atoms with Crippen LogP contribution in [-0.4, -0.2) is 44.7 Å². The molecule has 1 rings (SSSR count). The van der Waals surface area contributed by atoms with E-state index in [1.165, 1.54) is 0 Å². The molecule has 0 bridgehead atoms. The van der Waals surface area contributed by atoms with Gasteiger partial charge in [-0.15, -0.1) is 0 Å². The van der Waals surface area contributed by atoms with E-state index in [0.29, 0.717) is 0 Å². The maximum atomic E-state index is 6.23. The average Bonchev–Trinajstić information content (AvgIpc) is 2.49. The molecule has 0 amide bonds. The average molecular weight is 330 g/mol. The van der Waals surface area contributed by atoms with E-state index in [1.807, 2.05) is 18.2 Å². The van der Waals surface area contributed by atoms with Gasteiger partial charge in [0, 0.05) is 23.9 Å². The van der Waals surface area contributed by atoms with Crippen molar-refractivity contribution >= 4 is 29.3 Å². The van der Waals surface area contributed by atoms with Crippen LogP contribution in [0.5, 0.6) is 5.75 Å². The maximum absolute atomic E-state index is 6.23. The number of hydrogen-bond donors (Lipinski definition) is 2. The number of methoxy groups -OCH3 is 1. The normalized spacial score (nSPS) is 11.3. The molecular formula is C15H24ClN3OS. The number of rotatable bonds is 8. The topological polar surface area (TPSA) is 45.7 Å². The van der Waals surface area contributed by atoms with Crippen LogP contribution in [0.4, 0.5) is 0 Å². The van der Waals surface area contributed by atoms with E-state index in [0.717, 1.165) is 54.1 Å². The Morgan fingerprint density at radius 2 is 2.19 bits per heavy atom. The second-order valence-corrected chi connectivity index (χ2v) is 5.78. The Kier molecular flexibility index (Phi) is 9.10. The van der Waals surface area contributed by atoms with Crippen LogP contribution in [0.3, 0.4) is 0 Å². The van der Waals surface area contributed by atoms with Crippen LogP contribution >= 0.6 is 23.4 Å². The summed E-state index contributed by atoms with van der Waals surface area (Å²) in [7, 11) is 1.64. The minimum absolute atomic E-state index is 0.737. The summed E-state index contributed by atoms with van der Waals surface area (Å²) in [6.45, 7) is 4.53. The van der Waals surface area contributed by atoms with E-state index in [4.69, 9.17) is 16.3 Å². The van der Waals surface area contributed by atoms with Gasteiger partial charge in [-0.05, 0) is 37.3 Å². The van der Waals surface area contributed by atoms with Gasteiger partial charge in [-0.2, -0.15) is 11.8 Å². The summed E-state index contributed by atoms with van der Waals surface area (Å²) in [6.07, 6.45) is 2.93. The van der Waals surface area contributed by atoms with Crippen molar-refractivity contribution < 1.29 is 4.74 Å². The van der Waals surface area contributed by atoms with E-state index in [9.17, 15) is 0 Å². The molecule has 0 saturated heterocycles. The minimum Gasteiger partial charge on any atom is -0.497 e. The van der Waals surface area contributed by atoms with Crippen LogP contribution < -0.4 is 15.4 Å². The van der Waals surface area contributed by atoms with Gasteiger partial charge in [0.1, 0.15) is 5.75 Å². The van der Waals surface area contributed by atoms with Crippen LogP contribution in [0.25, 0.3) is 0 Å². The Hall–Kier alpha value is -1.07. The maximum Gasteiger partial charge on any atom is 0.191 e. The van der Waals surface area contributed by atoms with Crippen LogP contribution in [0.15, 0.2) is 23.2 Å². The fourth-order valence-electron chi connectivity index (χ4n) is 1.76. The van der Waals surface area contributed by atoms with Gasteiger partial charge in [0.15, 0.2) is 5.96 Å². The second-order valence-electron chi connectivity index (χ2n) is 4.39. The predicted molar refractivity (Wildman–Crippen MR) is 94.1 cm³/mol. The molecule has 1 aromatic carbocycles. The number of hydrogen-bond acceptors (Lipinski definition) is 3. The zero-order valence-electron chi connectivity index (χ0n) is 12.9. The van der Waals surface area contributed by atoms with Crippen LogP contribution in [0.1, 0.15) is 12.5 Å². The molecule has 0 saturated carbocycles. The zero-order valence-corrected chi connectivity index (χ0v) is 14.5. The minimum atomic E-state index is 0.737. The Balaban J connectivity index is 2.47. The monoisotopic (exact) mass is 329 g/mol. The summed E-state index contributed by atoms with van der Waals surface area (Å²) >= 11 is 8.03. The van der Waals surface area contributed by atoms with Gasteiger partial charge in [-0.3, -0.25) is 4.99 Å². The molecule has 2 N–H and O–H groups in total. The quantitative estimate of drug-likeness (QED) is 0.437. The first-order valence-electron chi connectivity index (χ1n) is 7.04. The van der Waals surface area contributed by atoms with E-state index in [-0.39, 0.29) is 0 Å². The summed E-state index contributed by atoms with van der Waals surface area (Å²) in [5, 5.41) is 7.30. The van der Waals surface area contributed by atoms with Crippen molar-refractivity contribution in [2.45, 2.75) is 13.3 Å². The smallest absolute Gasteiger partial charge is 0.191 e. The molecule has 0 aromatic heterocycles. The number of ether oxygens (including phenoxy) is 1. The van der Waals surface area contributed by atoms with Crippen LogP contribution in [0, 0.1) is 0 Å². The first-order valence-corrected chi connectivity index (χ1v) is 8.82. The SMILES string of the molecule is CCNC(=NCCSC)NCCc1ccc(OC)cc1Cl. The molecule has 1 aromatic rings. The highest BCUT2D eigenvalue weighted by Crippen LogP contribution is 2.22. The molecule has 0 fully saturated rings. The number of guanidine groups is 1. The van der Waals surface area contributed by atoms with Crippen molar-refractivity contribution in [3.8, 4) is 5.75 Å². The van der Waals surface area contributed by atoms with Crippen molar-refractivity contribution in [3.05, 3.63) is 28.8 Å². The number of nitrogens with one attached hydrogen (secondary N) is 2. The van der Waals surface area contributed by atoms with Crippen molar-refractivity contribution in [2.75, 3.05) is 38.8 Å². The lowest BCUT2D eigenvalue weighted by molar-refractivity contribution is 0.414. The Morgan fingerprint density at radius 3 is 2.81 bits per heavy atom. The van der Waals surface area contributed by atoms with Gasteiger partial charge in [0.25, 0.3) is 0 Å². The summed E-state index contributed by atoms with van der Waals surface area (Å²) in [5.41, 5.74) is 1.10. The van der Waals surface area contributed by atoms with Crippen molar-refractivity contribution in [1.82, 2.24) is 10.6 Å². The fraction of sp³-hybridized carbons (Fsp3) is 0.533. The van der Waals surface area contributed by atoms with E-state index >= 15 is 0 Å². The van der Waals surface area contributed by atoms with Gasteiger partial charge in [0.2, 0.25) is 0 Å². The Bertz CT molecular complexity index is 455. The summed E-state index contributed by atoms with van der Waals surface area (Å²) in [4.78, 5) is 4.50. The third-order valence-corrected chi connectivity index (χ3v) is 3.80. The highest BCUT2D eigenvalue weighted by molar-refractivity contribution is 7.98. The van der Waals surface area contributed by atoms with E-state index in [1.54, 1.807) is 18.9 Å².